The highest BCUT2D eigenvalue weighted by Gasteiger charge is 2.10. The molecule has 0 aromatic heterocycles. The molecule has 94 valence electrons. The zero-order chi connectivity index (χ0) is 12.5. The minimum absolute atomic E-state index is 0.204. The van der Waals surface area contributed by atoms with Gasteiger partial charge < -0.3 is 5.11 Å². The second kappa shape index (κ2) is 8.08. The average Bonchev–Trinajstić information content (AvgIpc) is 2.37. The predicted molar refractivity (Wildman–Crippen MR) is 74.0 cm³/mol. The number of aliphatic hydroxyl groups is 1. The summed E-state index contributed by atoms with van der Waals surface area (Å²) in [5, 5.41) is 9.99. The minimum Gasteiger partial charge on any atom is -0.393 e. The fourth-order valence-electron chi connectivity index (χ4n) is 2.15. The van der Waals surface area contributed by atoms with Crippen LogP contribution in [0.5, 0.6) is 0 Å². The normalized spacial score (nSPS) is 14.2. The van der Waals surface area contributed by atoms with Crippen molar-refractivity contribution in [1.29, 1.82) is 0 Å². The Bertz CT molecular complexity index is 305. The molecule has 0 fully saturated rings. The van der Waals surface area contributed by atoms with Gasteiger partial charge in [0.15, 0.2) is 0 Å². The number of rotatable bonds is 8. The molecule has 0 radical (unpaired) electrons. The Morgan fingerprint density at radius 3 is 2.53 bits per heavy atom. The van der Waals surface area contributed by atoms with Gasteiger partial charge in [-0.1, -0.05) is 49.8 Å². The molecule has 0 saturated heterocycles. The predicted octanol–water partition coefficient (Wildman–Crippen LogP) is 3.97. The zero-order valence-electron chi connectivity index (χ0n) is 10.8. The van der Waals surface area contributed by atoms with Crippen molar-refractivity contribution in [1.82, 2.24) is 0 Å². The molecule has 0 amide bonds. The van der Waals surface area contributed by atoms with E-state index in [0.717, 1.165) is 32.1 Å². The third-order valence-electron chi connectivity index (χ3n) is 3.18. The van der Waals surface area contributed by atoms with Crippen molar-refractivity contribution in [2.24, 2.45) is 5.92 Å². The molecular formula is C16H24O. The van der Waals surface area contributed by atoms with Crippen LogP contribution >= 0.6 is 0 Å². The largest absolute Gasteiger partial charge is 0.393 e. The van der Waals surface area contributed by atoms with Crippen LogP contribution in [0.25, 0.3) is 0 Å². The number of aliphatic hydroxyl groups excluding tert-OH is 1. The van der Waals surface area contributed by atoms with Crippen LogP contribution in [0.4, 0.5) is 0 Å². The Morgan fingerprint density at radius 1 is 1.24 bits per heavy atom. The van der Waals surface area contributed by atoms with Gasteiger partial charge in [-0.15, -0.1) is 6.58 Å². The molecule has 0 saturated carbocycles. The quantitative estimate of drug-likeness (QED) is 0.672. The third kappa shape index (κ3) is 5.69. The first-order chi connectivity index (χ1) is 8.26. The van der Waals surface area contributed by atoms with Gasteiger partial charge >= 0.3 is 0 Å². The van der Waals surface area contributed by atoms with E-state index in [9.17, 15) is 5.11 Å². The van der Waals surface area contributed by atoms with Gasteiger partial charge in [-0.05, 0) is 37.2 Å². The van der Waals surface area contributed by atoms with Gasteiger partial charge in [-0.2, -0.15) is 0 Å². The summed E-state index contributed by atoms with van der Waals surface area (Å²) in [5.74, 6) is 0.464. The fourth-order valence-corrected chi connectivity index (χ4v) is 2.15. The van der Waals surface area contributed by atoms with Crippen molar-refractivity contribution < 1.29 is 5.11 Å². The Morgan fingerprint density at radius 2 is 1.94 bits per heavy atom. The number of hydrogen-bond acceptors (Lipinski definition) is 1. The maximum Gasteiger partial charge on any atom is 0.0549 e. The molecule has 0 aliphatic rings. The van der Waals surface area contributed by atoms with Crippen LogP contribution < -0.4 is 0 Å². The van der Waals surface area contributed by atoms with Crippen LogP contribution in [0.2, 0.25) is 0 Å². The van der Waals surface area contributed by atoms with Crippen LogP contribution in [-0.2, 0) is 6.42 Å². The summed E-state index contributed by atoms with van der Waals surface area (Å²) in [5.41, 5.74) is 1.30. The topological polar surface area (TPSA) is 20.2 Å². The van der Waals surface area contributed by atoms with Crippen molar-refractivity contribution in [3.8, 4) is 0 Å². The standard InChI is InChI=1S/C16H24O/c1-3-8-14(4-2)13-16(17)12-11-15-9-6-5-7-10-15/h4-7,9-10,14,16-17H,2-3,8,11-13H2,1H3. The van der Waals surface area contributed by atoms with Crippen LogP contribution in [-0.4, -0.2) is 11.2 Å². The first-order valence-corrected chi connectivity index (χ1v) is 6.60. The van der Waals surface area contributed by atoms with E-state index in [4.69, 9.17) is 0 Å². The highest BCUT2D eigenvalue weighted by molar-refractivity contribution is 5.14. The second-order valence-electron chi connectivity index (χ2n) is 4.70. The molecule has 1 heteroatoms. The third-order valence-corrected chi connectivity index (χ3v) is 3.18. The highest BCUT2D eigenvalue weighted by atomic mass is 16.3. The number of allylic oxidation sites excluding steroid dienone is 1. The fraction of sp³-hybridized carbons (Fsp3) is 0.500. The maximum atomic E-state index is 9.99. The highest BCUT2D eigenvalue weighted by Crippen LogP contribution is 2.17. The van der Waals surface area contributed by atoms with Gasteiger partial charge in [0, 0.05) is 0 Å². The molecule has 2 unspecified atom stereocenters. The monoisotopic (exact) mass is 232 g/mol. The molecule has 0 heterocycles. The minimum atomic E-state index is -0.204. The van der Waals surface area contributed by atoms with Crippen LogP contribution in [0.15, 0.2) is 43.0 Å². The van der Waals surface area contributed by atoms with Crippen molar-refractivity contribution in [3.63, 3.8) is 0 Å². The second-order valence-corrected chi connectivity index (χ2v) is 4.70. The van der Waals surface area contributed by atoms with Crippen LogP contribution in [0.1, 0.15) is 38.2 Å². The van der Waals surface area contributed by atoms with E-state index in [1.54, 1.807) is 0 Å². The summed E-state index contributed by atoms with van der Waals surface area (Å²) in [6.07, 6.45) is 6.72. The lowest BCUT2D eigenvalue weighted by Gasteiger charge is -2.16. The molecule has 0 aliphatic carbocycles. The van der Waals surface area contributed by atoms with E-state index in [-0.39, 0.29) is 6.10 Å². The van der Waals surface area contributed by atoms with Crippen molar-refractivity contribution in [2.45, 2.75) is 45.1 Å². The van der Waals surface area contributed by atoms with Gasteiger partial charge in [0.05, 0.1) is 6.10 Å². The Hall–Kier alpha value is -1.08. The SMILES string of the molecule is C=CC(CCC)CC(O)CCc1ccccc1. The lowest BCUT2D eigenvalue weighted by Crippen LogP contribution is -2.13. The van der Waals surface area contributed by atoms with Gasteiger partial charge in [0.1, 0.15) is 0 Å². The Balaban J connectivity index is 2.29. The van der Waals surface area contributed by atoms with E-state index in [0.29, 0.717) is 5.92 Å². The summed E-state index contributed by atoms with van der Waals surface area (Å²) in [6.45, 7) is 6.01. The summed E-state index contributed by atoms with van der Waals surface area (Å²) < 4.78 is 0. The Labute approximate surface area is 105 Å². The molecular weight excluding hydrogens is 208 g/mol. The molecule has 2 atom stereocenters. The number of hydrogen-bond donors (Lipinski definition) is 1. The van der Waals surface area contributed by atoms with E-state index in [1.165, 1.54) is 5.56 Å². The molecule has 1 N–H and O–H groups in total. The lowest BCUT2D eigenvalue weighted by atomic mass is 9.94. The smallest absolute Gasteiger partial charge is 0.0549 e. The molecule has 1 nitrogen and oxygen atoms in total. The van der Waals surface area contributed by atoms with Crippen LogP contribution in [0, 0.1) is 5.92 Å². The molecule has 1 aromatic rings. The van der Waals surface area contributed by atoms with Gasteiger partial charge in [-0.25, -0.2) is 0 Å². The first-order valence-electron chi connectivity index (χ1n) is 6.60. The average molecular weight is 232 g/mol. The summed E-state index contributed by atoms with van der Waals surface area (Å²) in [4.78, 5) is 0. The molecule has 1 rings (SSSR count). The molecule has 0 aliphatic heterocycles. The molecule has 0 bridgehead atoms. The first kappa shape index (κ1) is 14.0. The number of aryl methyl sites for hydroxylation is 1. The van der Waals surface area contributed by atoms with E-state index >= 15 is 0 Å². The lowest BCUT2D eigenvalue weighted by molar-refractivity contribution is 0.139. The van der Waals surface area contributed by atoms with Gasteiger partial charge in [0.2, 0.25) is 0 Å². The molecule has 1 aromatic carbocycles. The van der Waals surface area contributed by atoms with E-state index < -0.39 is 0 Å². The van der Waals surface area contributed by atoms with Crippen LogP contribution in [0.3, 0.4) is 0 Å². The van der Waals surface area contributed by atoms with Gasteiger partial charge in [-0.3, -0.25) is 0 Å². The van der Waals surface area contributed by atoms with Gasteiger partial charge in [0.25, 0.3) is 0 Å². The maximum absolute atomic E-state index is 9.99. The summed E-state index contributed by atoms with van der Waals surface area (Å²) in [6, 6.07) is 10.3. The number of benzene rings is 1. The van der Waals surface area contributed by atoms with Crippen molar-refractivity contribution >= 4 is 0 Å². The summed E-state index contributed by atoms with van der Waals surface area (Å²) >= 11 is 0. The van der Waals surface area contributed by atoms with Crippen molar-refractivity contribution in [3.05, 3.63) is 48.6 Å². The van der Waals surface area contributed by atoms with Crippen molar-refractivity contribution in [2.75, 3.05) is 0 Å². The molecule has 17 heavy (non-hydrogen) atoms. The zero-order valence-corrected chi connectivity index (χ0v) is 10.8. The van der Waals surface area contributed by atoms with E-state index in [2.05, 4.69) is 25.6 Å². The molecule has 0 spiro atoms. The Kier molecular flexibility index (Phi) is 6.64. The summed E-state index contributed by atoms with van der Waals surface area (Å²) in [7, 11) is 0. The van der Waals surface area contributed by atoms with E-state index in [1.807, 2.05) is 24.3 Å².